The smallest absolute Gasteiger partial charge is 0.319 e. The second-order valence-electron chi connectivity index (χ2n) is 7.20. The number of amides is 3. The lowest BCUT2D eigenvalue weighted by Crippen LogP contribution is -2.46. The summed E-state index contributed by atoms with van der Waals surface area (Å²) in [6, 6.07) is 4.57. The number of hydrogen-bond acceptors (Lipinski definition) is 4. The molecule has 0 bridgehead atoms. The molecule has 7 heteroatoms. The number of aliphatic hydroxyl groups excluding tert-OH is 1. The average Bonchev–Trinajstić information content (AvgIpc) is 2.64. The van der Waals surface area contributed by atoms with E-state index < -0.39 is 12.0 Å². The molecule has 0 aromatic heterocycles. The van der Waals surface area contributed by atoms with Crippen LogP contribution in [0.5, 0.6) is 0 Å². The Morgan fingerprint density at radius 2 is 1.81 bits per heavy atom. The molecular weight excluding hydrogens is 332 g/mol. The molecule has 1 aliphatic heterocycles. The third kappa shape index (κ3) is 4.46. The Balaban J connectivity index is 1.76. The lowest BCUT2D eigenvalue weighted by molar-refractivity contribution is 0.0955. The molecule has 1 aromatic rings. The molecule has 142 valence electrons. The highest BCUT2D eigenvalue weighted by Crippen LogP contribution is 2.30. The van der Waals surface area contributed by atoms with Crippen LogP contribution in [0, 0.1) is 0 Å². The van der Waals surface area contributed by atoms with Crippen LogP contribution in [0.15, 0.2) is 18.2 Å². The maximum Gasteiger partial charge on any atom is 0.319 e. The van der Waals surface area contributed by atoms with Crippen molar-refractivity contribution in [1.29, 1.82) is 0 Å². The summed E-state index contributed by atoms with van der Waals surface area (Å²) in [4.78, 5) is 26.2. The second-order valence-corrected chi connectivity index (χ2v) is 7.20. The number of hydrogen-bond donors (Lipinski definition) is 4. The summed E-state index contributed by atoms with van der Waals surface area (Å²) in [5, 5.41) is 15.8. The van der Waals surface area contributed by atoms with Gasteiger partial charge in [0.05, 0.1) is 23.5 Å². The number of nitrogens with one attached hydrogen (secondary N) is 2. The number of nitrogens with zero attached hydrogens (tertiary/aromatic N) is 1. The summed E-state index contributed by atoms with van der Waals surface area (Å²) < 4.78 is 0. The molecule has 1 saturated heterocycles. The Morgan fingerprint density at radius 1 is 1.08 bits per heavy atom. The Labute approximate surface area is 153 Å². The Hall–Kier alpha value is -2.28. The minimum Gasteiger partial charge on any atom is -0.391 e. The van der Waals surface area contributed by atoms with Gasteiger partial charge in [0.25, 0.3) is 0 Å². The minimum absolute atomic E-state index is 0.235. The largest absolute Gasteiger partial charge is 0.391 e. The highest BCUT2D eigenvalue weighted by atomic mass is 16.3. The summed E-state index contributed by atoms with van der Waals surface area (Å²) in [5.74, 6) is -0.527. The van der Waals surface area contributed by atoms with Gasteiger partial charge in [0.15, 0.2) is 0 Å². The molecule has 7 nitrogen and oxygen atoms in total. The van der Waals surface area contributed by atoms with Crippen LogP contribution < -0.4 is 21.3 Å². The van der Waals surface area contributed by atoms with Gasteiger partial charge < -0.3 is 26.4 Å². The molecule has 0 spiro atoms. The number of carbonyl (C=O) groups is 2. The van der Waals surface area contributed by atoms with Crippen molar-refractivity contribution < 1.29 is 14.7 Å². The summed E-state index contributed by atoms with van der Waals surface area (Å²) in [6.07, 6.45) is 6.38. The first kappa shape index (κ1) is 18.5. The van der Waals surface area contributed by atoms with Gasteiger partial charge in [-0.15, -0.1) is 0 Å². The number of primary amides is 1. The molecule has 1 aromatic carbocycles. The summed E-state index contributed by atoms with van der Waals surface area (Å²) in [6.45, 7) is 1.85. The normalized spacial score (nSPS) is 23.3. The highest BCUT2D eigenvalue weighted by Gasteiger charge is 2.25. The zero-order chi connectivity index (χ0) is 18.5. The lowest BCUT2D eigenvalue weighted by atomic mass is 9.93. The van der Waals surface area contributed by atoms with E-state index >= 15 is 0 Å². The molecule has 2 atom stereocenters. The Kier molecular flexibility index (Phi) is 5.98. The lowest BCUT2D eigenvalue weighted by Gasteiger charge is -2.31. The third-order valence-corrected chi connectivity index (χ3v) is 5.27. The number of rotatable bonds is 4. The van der Waals surface area contributed by atoms with E-state index in [9.17, 15) is 14.7 Å². The molecule has 3 amide bonds. The van der Waals surface area contributed by atoms with Crippen molar-refractivity contribution >= 4 is 23.3 Å². The van der Waals surface area contributed by atoms with Crippen LogP contribution in [-0.2, 0) is 0 Å². The van der Waals surface area contributed by atoms with E-state index in [-0.39, 0.29) is 12.1 Å². The third-order valence-electron chi connectivity index (χ3n) is 5.27. The molecule has 26 heavy (non-hydrogen) atoms. The van der Waals surface area contributed by atoms with E-state index in [0.717, 1.165) is 50.9 Å². The maximum atomic E-state index is 12.5. The van der Waals surface area contributed by atoms with Crippen molar-refractivity contribution in [2.24, 2.45) is 5.73 Å². The fourth-order valence-electron chi connectivity index (χ4n) is 3.81. The Morgan fingerprint density at radius 3 is 2.50 bits per heavy atom. The number of anilines is 2. The van der Waals surface area contributed by atoms with Crippen LogP contribution in [-0.4, -0.2) is 42.3 Å². The second kappa shape index (κ2) is 8.40. The zero-order valence-corrected chi connectivity index (χ0v) is 15.0. The quantitative estimate of drug-likeness (QED) is 0.660. The van der Waals surface area contributed by atoms with Gasteiger partial charge in [0.1, 0.15) is 0 Å². The van der Waals surface area contributed by atoms with Crippen LogP contribution in [0.4, 0.5) is 16.2 Å². The van der Waals surface area contributed by atoms with Gasteiger partial charge in [-0.05, 0) is 50.3 Å². The first-order chi connectivity index (χ1) is 12.5. The minimum atomic E-state index is -0.527. The molecule has 0 radical (unpaired) electrons. The van der Waals surface area contributed by atoms with Crippen LogP contribution in [0.25, 0.3) is 0 Å². The fourth-order valence-corrected chi connectivity index (χ4v) is 3.81. The van der Waals surface area contributed by atoms with E-state index in [1.165, 1.54) is 6.42 Å². The van der Waals surface area contributed by atoms with Gasteiger partial charge in [0, 0.05) is 18.7 Å². The van der Waals surface area contributed by atoms with Crippen molar-refractivity contribution in [3.05, 3.63) is 23.8 Å². The monoisotopic (exact) mass is 360 g/mol. The summed E-state index contributed by atoms with van der Waals surface area (Å²) >= 11 is 0. The molecule has 1 saturated carbocycles. The van der Waals surface area contributed by atoms with Gasteiger partial charge in [-0.1, -0.05) is 12.8 Å². The predicted octanol–water partition coefficient (Wildman–Crippen LogP) is 2.20. The van der Waals surface area contributed by atoms with Gasteiger partial charge >= 0.3 is 6.03 Å². The van der Waals surface area contributed by atoms with Crippen molar-refractivity contribution in [1.82, 2.24) is 5.32 Å². The van der Waals surface area contributed by atoms with Crippen LogP contribution in [0.2, 0.25) is 0 Å². The van der Waals surface area contributed by atoms with Gasteiger partial charge in [-0.25, -0.2) is 4.79 Å². The van der Waals surface area contributed by atoms with Crippen molar-refractivity contribution in [2.45, 2.75) is 57.1 Å². The standard InChI is InChI=1S/C19H28N4O3/c20-18(25)13-8-9-16(23-10-4-1-5-11-23)15(12-13)22-19(26)21-14-6-2-3-7-17(14)24/h8-9,12,14,17,24H,1-7,10-11H2,(H2,20,25)(H2,21,22,26). The number of carbonyl (C=O) groups excluding carboxylic acids is 2. The molecular formula is C19H28N4O3. The van der Waals surface area contributed by atoms with E-state index in [0.29, 0.717) is 17.7 Å². The summed E-state index contributed by atoms with van der Waals surface area (Å²) in [5.41, 5.74) is 7.23. The Bertz CT molecular complexity index is 658. The number of aliphatic hydroxyl groups is 1. The number of urea groups is 1. The van der Waals surface area contributed by atoms with E-state index in [1.54, 1.807) is 12.1 Å². The molecule has 3 rings (SSSR count). The van der Waals surface area contributed by atoms with Gasteiger partial charge in [-0.3, -0.25) is 4.79 Å². The van der Waals surface area contributed by atoms with Crippen LogP contribution >= 0.6 is 0 Å². The van der Waals surface area contributed by atoms with E-state index in [4.69, 9.17) is 5.73 Å². The maximum absolute atomic E-state index is 12.5. The van der Waals surface area contributed by atoms with Crippen molar-refractivity contribution in [3.63, 3.8) is 0 Å². The number of benzene rings is 1. The number of piperidine rings is 1. The van der Waals surface area contributed by atoms with Crippen molar-refractivity contribution in [3.8, 4) is 0 Å². The molecule has 1 heterocycles. The van der Waals surface area contributed by atoms with E-state index in [1.807, 2.05) is 6.07 Å². The molecule has 2 aliphatic rings. The zero-order valence-electron chi connectivity index (χ0n) is 15.0. The first-order valence-corrected chi connectivity index (χ1v) is 9.49. The van der Waals surface area contributed by atoms with E-state index in [2.05, 4.69) is 15.5 Å². The van der Waals surface area contributed by atoms with Gasteiger partial charge in [-0.2, -0.15) is 0 Å². The SMILES string of the molecule is NC(=O)c1ccc(N2CCCCC2)c(NC(=O)NC2CCCCC2O)c1. The van der Waals surface area contributed by atoms with Crippen LogP contribution in [0.3, 0.4) is 0 Å². The molecule has 2 unspecified atom stereocenters. The molecule has 1 aliphatic carbocycles. The molecule has 2 fully saturated rings. The average molecular weight is 360 g/mol. The van der Waals surface area contributed by atoms with Crippen molar-refractivity contribution in [2.75, 3.05) is 23.3 Å². The predicted molar refractivity (Wildman–Crippen MR) is 101 cm³/mol. The summed E-state index contributed by atoms with van der Waals surface area (Å²) in [7, 11) is 0. The van der Waals surface area contributed by atoms with Gasteiger partial charge in [0.2, 0.25) is 5.91 Å². The molecule has 5 N–H and O–H groups in total. The van der Waals surface area contributed by atoms with Crippen LogP contribution in [0.1, 0.15) is 55.3 Å². The highest BCUT2D eigenvalue weighted by molar-refractivity contribution is 5.99. The topological polar surface area (TPSA) is 108 Å². The first-order valence-electron chi connectivity index (χ1n) is 9.49. The fraction of sp³-hybridized carbons (Fsp3) is 0.579. The number of nitrogens with two attached hydrogens (primary N) is 1.